The minimum absolute atomic E-state index is 0.204. The molecule has 19 heavy (non-hydrogen) atoms. The highest BCUT2D eigenvalue weighted by molar-refractivity contribution is 5.37. The van der Waals surface area contributed by atoms with Crippen LogP contribution in [0.3, 0.4) is 0 Å². The van der Waals surface area contributed by atoms with Crippen LogP contribution in [0.5, 0.6) is 0 Å². The molecule has 0 aromatic heterocycles. The van der Waals surface area contributed by atoms with Crippen molar-refractivity contribution in [2.45, 2.75) is 32.4 Å². The van der Waals surface area contributed by atoms with Gasteiger partial charge in [-0.3, -0.25) is 4.90 Å². The van der Waals surface area contributed by atoms with Crippen LogP contribution in [0.25, 0.3) is 0 Å². The van der Waals surface area contributed by atoms with E-state index in [1.54, 1.807) is 6.07 Å². The van der Waals surface area contributed by atoms with E-state index in [0.717, 1.165) is 18.0 Å². The first-order valence-electron chi connectivity index (χ1n) is 6.69. The Morgan fingerprint density at radius 2 is 2.16 bits per heavy atom. The lowest BCUT2D eigenvalue weighted by Gasteiger charge is -2.24. The second-order valence-corrected chi connectivity index (χ2v) is 5.30. The van der Waals surface area contributed by atoms with Crippen molar-refractivity contribution in [2.24, 2.45) is 5.92 Å². The van der Waals surface area contributed by atoms with E-state index in [2.05, 4.69) is 30.7 Å². The molecule has 102 valence electrons. The Morgan fingerprint density at radius 1 is 1.42 bits per heavy atom. The van der Waals surface area contributed by atoms with Gasteiger partial charge in [-0.2, -0.15) is 0 Å². The molecular formula is C16H20FNO. The summed E-state index contributed by atoms with van der Waals surface area (Å²) in [5.41, 5.74) is 1.55. The van der Waals surface area contributed by atoms with E-state index in [1.165, 1.54) is 18.9 Å². The van der Waals surface area contributed by atoms with Gasteiger partial charge in [-0.15, -0.1) is 0 Å². The van der Waals surface area contributed by atoms with E-state index in [9.17, 15) is 4.39 Å². The molecule has 0 amide bonds. The molecule has 0 spiro atoms. The minimum atomic E-state index is -0.271. The standard InChI is InChI=1S/C16H20FNO/c1-12(15-5-6-15)18(2)11-14-8-13(4-3-7-19)9-16(17)10-14/h8-10,12,15,19H,5-7,11H2,1-2H3. The zero-order valence-corrected chi connectivity index (χ0v) is 11.5. The molecular weight excluding hydrogens is 241 g/mol. The average Bonchev–Trinajstić information content (AvgIpc) is 3.19. The number of hydrogen-bond acceptors (Lipinski definition) is 2. The Labute approximate surface area is 114 Å². The maximum Gasteiger partial charge on any atom is 0.124 e. The molecule has 0 aliphatic heterocycles. The lowest BCUT2D eigenvalue weighted by atomic mass is 10.1. The van der Waals surface area contributed by atoms with Gasteiger partial charge in [0.05, 0.1) is 0 Å². The van der Waals surface area contributed by atoms with Gasteiger partial charge in [-0.05, 0) is 56.5 Å². The Hall–Kier alpha value is -1.37. The molecule has 1 aromatic rings. The highest BCUT2D eigenvalue weighted by Gasteiger charge is 2.30. The molecule has 0 saturated heterocycles. The molecule has 3 heteroatoms. The second-order valence-electron chi connectivity index (χ2n) is 5.30. The van der Waals surface area contributed by atoms with Crippen molar-refractivity contribution < 1.29 is 9.50 Å². The van der Waals surface area contributed by atoms with Crippen molar-refractivity contribution in [3.05, 3.63) is 35.1 Å². The summed E-state index contributed by atoms with van der Waals surface area (Å²) in [5, 5.41) is 8.68. The Balaban J connectivity index is 2.08. The molecule has 2 nitrogen and oxygen atoms in total. The van der Waals surface area contributed by atoms with Gasteiger partial charge < -0.3 is 5.11 Å². The van der Waals surface area contributed by atoms with Crippen LogP contribution >= 0.6 is 0 Å². The molecule has 1 atom stereocenters. The summed E-state index contributed by atoms with van der Waals surface area (Å²) in [5.74, 6) is 5.83. The van der Waals surface area contributed by atoms with Gasteiger partial charge in [0, 0.05) is 18.2 Å². The minimum Gasteiger partial charge on any atom is -0.384 e. The summed E-state index contributed by atoms with van der Waals surface area (Å²) < 4.78 is 13.5. The zero-order valence-electron chi connectivity index (χ0n) is 11.5. The van der Waals surface area contributed by atoms with E-state index in [4.69, 9.17) is 5.11 Å². The number of hydrogen-bond donors (Lipinski definition) is 1. The molecule has 1 aliphatic carbocycles. The molecule has 1 saturated carbocycles. The second kappa shape index (κ2) is 6.18. The number of aliphatic hydroxyl groups is 1. The SMILES string of the molecule is CC(C1CC1)N(C)Cc1cc(F)cc(C#CCO)c1. The molecule has 1 aromatic carbocycles. The average molecular weight is 261 g/mol. The van der Waals surface area contributed by atoms with Gasteiger partial charge in [0.1, 0.15) is 12.4 Å². The van der Waals surface area contributed by atoms with Crippen LogP contribution in [0, 0.1) is 23.6 Å². The van der Waals surface area contributed by atoms with Crippen molar-refractivity contribution in [1.29, 1.82) is 0 Å². The zero-order chi connectivity index (χ0) is 13.8. The Bertz CT molecular complexity index is 499. The third-order valence-corrected chi connectivity index (χ3v) is 3.70. The molecule has 1 aliphatic rings. The summed E-state index contributed by atoms with van der Waals surface area (Å²) in [7, 11) is 2.08. The first-order valence-corrected chi connectivity index (χ1v) is 6.69. The highest BCUT2D eigenvalue weighted by Crippen LogP contribution is 2.35. The monoisotopic (exact) mass is 261 g/mol. The molecule has 1 unspecified atom stereocenters. The maximum atomic E-state index is 13.5. The van der Waals surface area contributed by atoms with Gasteiger partial charge in [-0.25, -0.2) is 4.39 Å². The molecule has 1 N–H and O–H groups in total. The number of nitrogens with zero attached hydrogens (tertiary/aromatic N) is 1. The molecule has 0 radical (unpaired) electrons. The van der Waals surface area contributed by atoms with Crippen LogP contribution in [-0.2, 0) is 6.54 Å². The van der Waals surface area contributed by atoms with Crippen LogP contribution in [0.2, 0.25) is 0 Å². The Kier molecular flexibility index (Phi) is 4.57. The molecule has 2 rings (SSSR count). The number of aliphatic hydroxyl groups excluding tert-OH is 1. The van der Waals surface area contributed by atoms with Crippen molar-refractivity contribution in [3.63, 3.8) is 0 Å². The molecule has 0 heterocycles. The summed E-state index contributed by atoms with van der Waals surface area (Å²) >= 11 is 0. The van der Waals surface area contributed by atoms with Crippen LogP contribution in [0.4, 0.5) is 4.39 Å². The van der Waals surface area contributed by atoms with Crippen LogP contribution in [0.1, 0.15) is 30.9 Å². The summed E-state index contributed by atoms with van der Waals surface area (Å²) in [6.45, 7) is 2.75. The van der Waals surface area contributed by atoms with Gasteiger partial charge in [0.15, 0.2) is 0 Å². The van der Waals surface area contributed by atoms with Gasteiger partial charge in [-0.1, -0.05) is 11.8 Å². The molecule has 0 bridgehead atoms. The number of rotatable bonds is 4. The van der Waals surface area contributed by atoms with Crippen LogP contribution in [0.15, 0.2) is 18.2 Å². The first kappa shape index (κ1) is 14.0. The smallest absolute Gasteiger partial charge is 0.124 e. The first-order chi connectivity index (χ1) is 9.10. The van der Waals surface area contributed by atoms with E-state index < -0.39 is 0 Å². The predicted octanol–water partition coefficient (Wildman–Crippen LogP) is 2.40. The Morgan fingerprint density at radius 3 is 2.79 bits per heavy atom. The highest BCUT2D eigenvalue weighted by atomic mass is 19.1. The summed E-state index contributed by atoms with van der Waals surface area (Å²) in [6.07, 6.45) is 2.61. The van der Waals surface area contributed by atoms with Crippen LogP contribution in [-0.4, -0.2) is 29.7 Å². The van der Waals surface area contributed by atoms with E-state index in [0.29, 0.717) is 11.6 Å². The van der Waals surface area contributed by atoms with E-state index in [-0.39, 0.29) is 12.4 Å². The van der Waals surface area contributed by atoms with Crippen LogP contribution < -0.4 is 0 Å². The lowest BCUT2D eigenvalue weighted by Crippen LogP contribution is -2.30. The van der Waals surface area contributed by atoms with E-state index >= 15 is 0 Å². The number of benzene rings is 1. The third-order valence-electron chi connectivity index (χ3n) is 3.70. The predicted molar refractivity (Wildman–Crippen MR) is 74.0 cm³/mol. The fourth-order valence-electron chi connectivity index (χ4n) is 2.33. The van der Waals surface area contributed by atoms with Gasteiger partial charge >= 0.3 is 0 Å². The van der Waals surface area contributed by atoms with Gasteiger partial charge in [0.2, 0.25) is 0 Å². The fraction of sp³-hybridized carbons (Fsp3) is 0.500. The topological polar surface area (TPSA) is 23.5 Å². The van der Waals surface area contributed by atoms with Crippen molar-refractivity contribution >= 4 is 0 Å². The summed E-state index contributed by atoms with van der Waals surface area (Å²) in [4.78, 5) is 2.26. The van der Waals surface area contributed by atoms with Gasteiger partial charge in [0.25, 0.3) is 0 Å². The van der Waals surface area contributed by atoms with E-state index in [1.807, 2.05) is 6.07 Å². The van der Waals surface area contributed by atoms with Crippen molar-refractivity contribution in [2.75, 3.05) is 13.7 Å². The third kappa shape index (κ3) is 4.05. The van der Waals surface area contributed by atoms with Crippen molar-refractivity contribution in [3.8, 4) is 11.8 Å². The molecule has 1 fully saturated rings. The summed E-state index contributed by atoms with van der Waals surface area (Å²) in [6, 6.07) is 5.38. The largest absolute Gasteiger partial charge is 0.384 e. The normalized spacial score (nSPS) is 16.1. The number of halogens is 1. The fourth-order valence-corrected chi connectivity index (χ4v) is 2.33. The van der Waals surface area contributed by atoms with Crippen molar-refractivity contribution in [1.82, 2.24) is 4.90 Å². The lowest BCUT2D eigenvalue weighted by molar-refractivity contribution is 0.226. The maximum absolute atomic E-state index is 13.5. The quantitative estimate of drug-likeness (QED) is 0.841.